The molecular formula is C30H41N3O6. The predicted molar refractivity (Wildman–Crippen MR) is 150 cm³/mol. The van der Waals surface area contributed by atoms with Crippen LogP contribution in [0, 0.1) is 5.92 Å². The van der Waals surface area contributed by atoms with Crippen molar-refractivity contribution in [2.24, 2.45) is 5.92 Å². The van der Waals surface area contributed by atoms with Crippen LogP contribution < -0.4 is 16.0 Å². The fourth-order valence-corrected chi connectivity index (χ4v) is 3.86. The van der Waals surface area contributed by atoms with E-state index in [1.807, 2.05) is 68.4 Å². The molecule has 0 radical (unpaired) electrons. The molecule has 2 aromatic carbocycles. The van der Waals surface area contributed by atoms with Crippen LogP contribution in [0.5, 0.6) is 0 Å². The maximum absolute atomic E-state index is 13.3. The first kappa shape index (κ1) is 31.3. The van der Waals surface area contributed by atoms with Crippen molar-refractivity contribution in [1.82, 2.24) is 16.0 Å². The summed E-state index contributed by atoms with van der Waals surface area (Å²) in [6.07, 6.45) is -0.193. The van der Waals surface area contributed by atoms with Crippen LogP contribution in [0.4, 0.5) is 4.79 Å². The molecule has 2 rings (SSSR count). The molecule has 0 spiro atoms. The molecule has 0 aliphatic heterocycles. The molecule has 0 fully saturated rings. The minimum atomic E-state index is -0.950. The SMILES string of the molecule is COC(=O)[C@H](Cc1ccc(-c2ccccc2)cc1)NC(=O)[C@H](CC(C)C)NC(=O)[C@H](C)NC(=O)OC(C)(C)C. The van der Waals surface area contributed by atoms with E-state index in [0.29, 0.717) is 6.42 Å². The van der Waals surface area contributed by atoms with Crippen LogP contribution >= 0.6 is 0 Å². The third-order valence-electron chi connectivity index (χ3n) is 5.77. The highest BCUT2D eigenvalue weighted by atomic mass is 16.6. The molecule has 9 heteroatoms. The number of rotatable bonds is 11. The van der Waals surface area contributed by atoms with Crippen LogP contribution in [0.15, 0.2) is 54.6 Å². The molecule has 0 saturated heterocycles. The molecule has 0 bridgehead atoms. The standard InChI is InChI=1S/C30H41N3O6/c1-19(2)17-24(32-26(34)20(3)31-29(37)39-30(4,5)6)27(35)33-25(28(36)38-7)18-21-13-15-23(16-14-21)22-11-9-8-10-12-22/h8-16,19-20,24-25H,17-18H2,1-7H3,(H,31,37)(H,32,34)(H,33,35)/t20-,24-,25-/m0/s1. The summed E-state index contributed by atoms with van der Waals surface area (Å²) in [5.74, 6) is -1.59. The van der Waals surface area contributed by atoms with Gasteiger partial charge in [0.25, 0.3) is 0 Å². The number of methoxy groups -OCH3 is 1. The lowest BCUT2D eigenvalue weighted by Gasteiger charge is -2.25. The second-order valence-electron chi connectivity index (χ2n) is 10.9. The highest BCUT2D eigenvalue weighted by Gasteiger charge is 2.30. The molecule has 0 aliphatic rings. The van der Waals surface area contributed by atoms with Crippen molar-refractivity contribution in [2.75, 3.05) is 7.11 Å². The van der Waals surface area contributed by atoms with Crippen molar-refractivity contribution in [3.63, 3.8) is 0 Å². The zero-order valence-corrected chi connectivity index (χ0v) is 23.9. The second-order valence-corrected chi connectivity index (χ2v) is 10.9. The normalized spacial score (nSPS) is 13.5. The van der Waals surface area contributed by atoms with Gasteiger partial charge in [-0.1, -0.05) is 68.4 Å². The van der Waals surface area contributed by atoms with E-state index < -0.39 is 47.6 Å². The van der Waals surface area contributed by atoms with Gasteiger partial charge >= 0.3 is 12.1 Å². The van der Waals surface area contributed by atoms with Crippen molar-refractivity contribution in [1.29, 1.82) is 0 Å². The Labute approximate surface area is 231 Å². The van der Waals surface area contributed by atoms with Crippen LogP contribution in [0.2, 0.25) is 0 Å². The van der Waals surface area contributed by atoms with Gasteiger partial charge in [-0.25, -0.2) is 9.59 Å². The summed E-state index contributed by atoms with van der Waals surface area (Å²) in [6.45, 7) is 10.5. The summed E-state index contributed by atoms with van der Waals surface area (Å²) in [5, 5.41) is 7.91. The molecule has 212 valence electrons. The Balaban J connectivity index is 2.10. The molecular weight excluding hydrogens is 498 g/mol. The monoisotopic (exact) mass is 539 g/mol. The smallest absolute Gasteiger partial charge is 0.408 e. The summed E-state index contributed by atoms with van der Waals surface area (Å²) in [4.78, 5) is 50.7. The number of hydrogen-bond donors (Lipinski definition) is 3. The Kier molecular flexibility index (Phi) is 11.5. The highest BCUT2D eigenvalue weighted by molar-refractivity contribution is 5.93. The number of benzene rings is 2. The fourth-order valence-electron chi connectivity index (χ4n) is 3.86. The van der Waals surface area contributed by atoms with Gasteiger partial charge in [0, 0.05) is 6.42 Å². The fraction of sp³-hybridized carbons (Fsp3) is 0.467. The van der Waals surface area contributed by atoms with Gasteiger partial charge in [0.1, 0.15) is 23.7 Å². The number of alkyl carbamates (subject to hydrolysis) is 1. The zero-order valence-electron chi connectivity index (χ0n) is 23.9. The van der Waals surface area contributed by atoms with E-state index in [4.69, 9.17) is 9.47 Å². The van der Waals surface area contributed by atoms with Gasteiger partial charge < -0.3 is 25.4 Å². The molecule has 3 N–H and O–H groups in total. The molecule has 0 saturated carbocycles. The van der Waals surface area contributed by atoms with E-state index in [-0.39, 0.29) is 12.3 Å². The van der Waals surface area contributed by atoms with Crippen molar-refractivity contribution in [3.05, 3.63) is 60.2 Å². The van der Waals surface area contributed by atoms with E-state index in [1.165, 1.54) is 14.0 Å². The number of carbonyl (C=O) groups excluding carboxylic acids is 4. The average molecular weight is 540 g/mol. The van der Waals surface area contributed by atoms with Crippen LogP contribution in [0.1, 0.15) is 53.5 Å². The molecule has 0 unspecified atom stereocenters. The Morgan fingerprint density at radius 1 is 0.769 bits per heavy atom. The largest absolute Gasteiger partial charge is 0.467 e. The first-order chi connectivity index (χ1) is 18.3. The van der Waals surface area contributed by atoms with Crippen molar-refractivity contribution < 1.29 is 28.7 Å². The summed E-state index contributed by atoms with van der Waals surface area (Å²) in [5.41, 5.74) is 2.23. The maximum Gasteiger partial charge on any atom is 0.408 e. The number of hydrogen-bond acceptors (Lipinski definition) is 6. The summed E-state index contributed by atoms with van der Waals surface area (Å²) < 4.78 is 10.1. The predicted octanol–water partition coefficient (Wildman–Crippen LogP) is 4.00. The Bertz CT molecular complexity index is 1110. The minimum Gasteiger partial charge on any atom is -0.467 e. The van der Waals surface area contributed by atoms with Crippen molar-refractivity contribution >= 4 is 23.9 Å². The van der Waals surface area contributed by atoms with Gasteiger partial charge in [-0.3, -0.25) is 9.59 Å². The molecule has 3 amide bonds. The Morgan fingerprint density at radius 3 is 1.87 bits per heavy atom. The highest BCUT2D eigenvalue weighted by Crippen LogP contribution is 2.20. The van der Waals surface area contributed by atoms with Gasteiger partial charge in [0.05, 0.1) is 7.11 Å². The molecule has 9 nitrogen and oxygen atoms in total. The summed E-state index contributed by atoms with van der Waals surface area (Å²) in [6, 6.07) is 14.8. The van der Waals surface area contributed by atoms with E-state index >= 15 is 0 Å². The number of esters is 1. The summed E-state index contributed by atoms with van der Waals surface area (Å²) in [7, 11) is 1.26. The summed E-state index contributed by atoms with van der Waals surface area (Å²) >= 11 is 0. The molecule has 2 aromatic rings. The van der Waals surface area contributed by atoms with E-state index in [9.17, 15) is 19.2 Å². The van der Waals surface area contributed by atoms with Crippen LogP contribution in [-0.2, 0) is 30.3 Å². The molecule has 0 aliphatic carbocycles. The lowest BCUT2D eigenvalue weighted by molar-refractivity contribution is -0.145. The second kappa shape index (κ2) is 14.3. The first-order valence-corrected chi connectivity index (χ1v) is 13.1. The third-order valence-corrected chi connectivity index (χ3v) is 5.77. The number of ether oxygens (including phenoxy) is 2. The van der Waals surface area contributed by atoms with Crippen LogP contribution in [0.25, 0.3) is 11.1 Å². The number of carbonyl (C=O) groups is 4. The van der Waals surface area contributed by atoms with Gasteiger partial charge in [-0.05, 0) is 56.7 Å². The lowest BCUT2D eigenvalue weighted by atomic mass is 9.99. The Hall–Kier alpha value is -3.88. The quantitative estimate of drug-likeness (QED) is 0.371. The van der Waals surface area contributed by atoms with Gasteiger partial charge in [-0.2, -0.15) is 0 Å². The van der Waals surface area contributed by atoms with Gasteiger partial charge in [0.2, 0.25) is 11.8 Å². The molecule has 0 aromatic heterocycles. The zero-order chi connectivity index (χ0) is 29.2. The number of amides is 3. The molecule has 0 heterocycles. The topological polar surface area (TPSA) is 123 Å². The Morgan fingerprint density at radius 2 is 1.33 bits per heavy atom. The maximum atomic E-state index is 13.3. The van der Waals surface area contributed by atoms with Crippen LogP contribution in [0.3, 0.4) is 0 Å². The van der Waals surface area contributed by atoms with Crippen molar-refractivity contribution in [3.8, 4) is 11.1 Å². The third kappa shape index (κ3) is 10.8. The van der Waals surface area contributed by atoms with E-state index in [0.717, 1.165) is 16.7 Å². The van der Waals surface area contributed by atoms with E-state index in [2.05, 4.69) is 16.0 Å². The van der Waals surface area contributed by atoms with Gasteiger partial charge in [-0.15, -0.1) is 0 Å². The average Bonchev–Trinajstić information content (AvgIpc) is 2.86. The molecule has 3 atom stereocenters. The number of nitrogens with one attached hydrogen (secondary N) is 3. The van der Waals surface area contributed by atoms with E-state index in [1.54, 1.807) is 20.8 Å². The lowest BCUT2D eigenvalue weighted by Crippen LogP contribution is -2.56. The molecule has 39 heavy (non-hydrogen) atoms. The van der Waals surface area contributed by atoms with Gasteiger partial charge in [0.15, 0.2) is 0 Å². The van der Waals surface area contributed by atoms with Crippen LogP contribution in [-0.4, -0.2) is 54.7 Å². The first-order valence-electron chi connectivity index (χ1n) is 13.1. The van der Waals surface area contributed by atoms with Crippen molar-refractivity contribution in [2.45, 2.75) is 78.1 Å². The minimum absolute atomic E-state index is 0.0669.